The number of halogens is 1. The number of alkyl halides is 1. The van der Waals surface area contributed by atoms with E-state index in [1.807, 2.05) is 0 Å². The Kier molecular flexibility index (Phi) is 3.85. The van der Waals surface area contributed by atoms with Gasteiger partial charge in [0.15, 0.2) is 0 Å². The normalized spacial score (nSPS) is 18.6. The minimum Gasteiger partial charge on any atom is -0.337 e. The Hall–Kier alpha value is -0.300. The van der Waals surface area contributed by atoms with E-state index in [4.69, 9.17) is 0 Å². The predicted molar refractivity (Wildman–Crippen MR) is 70.8 cm³/mol. The first-order valence-corrected chi connectivity index (χ1v) is 7.38. The number of amides is 2. The zero-order chi connectivity index (χ0) is 10.7. The van der Waals surface area contributed by atoms with Crippen LogP contribution < -0.4 is 10.6 Å². The predicted octanol–water partition coefficient (Wildman–Crippen LogP) is 2.47. The van der Waals surface area contributed by atoms with E-state index in [2.05, 4.69) is 44.7 Å². The van der Waals surface area contributed by atoms with Crippen molar-refractivity contribution >= 4 is 40.0 Å². The number of hydrogen-bond donors (Lipinski definition) is 2. The first-order valence-electron chi connectivity index (χ1n) is 4.98. The van der Waals surface area contributed by atoms with Gasteiger partial charge in [-0.1, -0.05) is 22.6 Å². The van der Waals surface area contributed by atoms with Crippen LogP contribution in [0.4, 0.5) is 4.79 Å². The molecule has 2 rings (SSSR count). The summed E-state index contributed by atoms with van der Waals surface area (Å²) in [7, 11) is 0. The number of thiophene rings is 1. The maximum Gasteiger partial charge on any atom is 0.315 e. The van der Waals surface area contributed by atoms with E-state index in [1.54, 1.807) is 11.3 Å². The van der Waals surface area contributed by atoms with Gasteiger partial charge in [-0.15, -0.1) is 11.3 Å². The van der Waals surface area contributed by atoms with Crippen molar-refractivity contribution in [3.63, 3.8) is 0 Å². The lowest BCUT2D eigenvalue weighted by atomic mass is 10.3. The van der Waals surface area contributed by atoms with Gasteiger partial charge in [-0.25, -0.2) is 4.79 Å². The highest BCUT2D eigenvalue weighted by atomic mass is 127. The van der Waals surface area contributed by atoms with Crippen molar-refractivity contribution < 1.29 is 4.79 Å². The fourth-order valence-corrected chi connectivity index (χ4v) is 3.11. The van der Waals surface area contributed by atoms with Crippen LogP contribution in [0.15, 0.2) is 11.4 Å². The zero-order valence-corrected chi connectivity index (χ0v) is 11.2. The molecule has 2 amide bonds. The van der Waals surface area contributed by atoms with Crippen LogP contribution in [0.2, 0.25) is 0 Å². The molecule has 1 heterocycles. The molecule has 0 bridgehead atoms. The molecule has 2 N–H and O–H groups in total. The molecule has 15 heavy (non-hydrogen) atoms. The molecule has 1 aliphatic carbocycles. The van der Waals surface area contributed by atoms with Crippen molar-refractivity contribution in [1.82, 2.24) is 10.6 Å². The summed E-state index contributed by atoms with van der Waals surface area (Å²) in [5.41, 5.74) is 1.40. The molecule has 0 saturated carbocycles. The summed E-state index contributed by atoms with van der Waals surface area (Å²) in [6.07, 6.45) is 2.13. The molecular weight excluding hydrogens is 323 g/mol. The van der Waals surface area contributed by atoms with Gasteiger partial charge < -0.3 is 10.6 Å². The zero-order valence-electron chi connectivity index (χ0n) is 8.25. The summed E-state index contributed by atoms with van der Waals surface area (Å²) < 4.78 is 0.945. The molecule has 1 aromatic heterocycles. The lowest BCUT2D eigenvalue weighted by Gasteiger charge is -2.12. The molecule has 0 fully saturated rings. The second kappa shape index (κ2) is 5.16. The number of nitrogens with one attached hydrogen (secondary N) is 2. The molecule has 1 aromatic rings. The SMILES string of the molecule is O=C(NCCI)NC1CCc2ccsc21. The summed E-state index contributed by atoms with van der Waals surface area (Å²) in [6, 6.07) is 2.34. The first kappa shape index (κ1) is 11.2. The van der Waals surface area contributed by atoms with Gasteiger partial charge in [0.25, 0.3) is 0 Å². The summed E-state index contributed by atoms with van der Waals surface area (Å²) in [5.74, 6) is 0. The maximum atomic E-state index is 11.5. The van der Waals surface area contributed by atoms with E-state index in [0.29, 0.717) is 0 Å². The standard InChI is InChI=1S/C10H13IN2OS/c11-4-5-12-10(14)13-8-2-1-7-3-6-15-9(7)8/h3,6,8H,1-2,4-5H2,(H2,12,13,14). The second-order valence-corrected chi connectivity index (χ2v) is 5.52. The molecule has 1 unspecified atom stereocenters. The molecule has 1 aliphatic rings. The highest BCUT2D eigenvalue weighted by Crippen LogP contribution is 2.34. The summed E-state index contributed by atoms with van der Waals surface area (Å²) in [4.78, 5) is 12.8. The molecule has 0 spiro atoms. The molecule has 3 nitrogen and oxygen atoms in total. The third-order valence-electron chi connectivity index (χ3n) is 2.48. The van der Waals surface area contributed by atoms with Crippen LogP contribution in [-0.2, 0) is 6.42 Å². The van der Waals surface area contributed by atoms with E-state index < -0.39 is 0 Å². The van der Waals surface area contributed by atoms with Gasteiger partial charge in [0.1, 0.15) is 0 Å². The van der Waals surface area contributed by atoms with E-state index in [1.165, 1.54) is 10.4 Å². The van der Waals surface area contributed by atoms with Crippen LogP contribution >= 0.6 is 33.9 Å². The van der Waals surface area contributed by atoms with Crippen molar-refractivity contribution in [3.05, 3.63) is 21.9 Å². The number of aryl methyl sites for hydroxylation is 1. The van der Waals surface area contributed by atoms with Gasteiger partial charge in [-0.05, 0) is 29.9 Å². The highest BCUT2D eigenvalue weighted by Gasteiger charge is 2.24. The molecule has 0 saturated heterocycles. The average Bonchev–Trinajstić information content (AvgIpc) is 2.80. The van der Waals surface area contributed by atoms with E-state index in [9.17, 15) is 4.79 Å². The number of fused-ring (bicyclic) bond motifs is 1. The largest absolute Gasteiger partial charge is 0.337 e. The van der Waals surface area contributed by atoms with Crippen LogP contribution in [-0.4, -0.2) is 17.0 Å². The number of urea groups is 1. The topological polar surface area (TPSA) is 41.1 Å². The summed E-state index contributed by atoms with van der Waals surface area (Å²) >= 11 is 3.99. The number of rotatable bonds is 3. The number of hydrogen-bond acceptors (Lipinski definition) is 2. The number of carbonyl (C=O) groups excluding carboxylic acids is 1. The monoisotopic (exact) mass is 336 g/mol. The second-order valence-electron chi connectivity index (χ2n) is 3.49. The van der Waals surface area contributed by atoms with Gasteiger partial charge in [0.05, 0.1) is 6.04 Å². The van der Waals surface area contributed by atoms with Crippen molar-refractivity contribution in [2.75, 3.05) is 11.0 Å². The van der Waals surface area contributed by atoms with Gasteiger partial charge in [0.2, 0.25) is 0 Å². The van der Waals surface area contributed by atoms with Crippen molar-refractivity contribution in [2.45, 2.75) is 18.9 Å². The summed E-state index contributed by atoms with van der Waals surface area (Å²) in [5, 5.41) is 7.94. The first-order chi connectivity index (χ1) is 7.31. The Morgan fingerprint density at radius 3 is 3.33 bits per heavy atom. The Bertz CT molecular complexity index is 353. The fraction of sp³-hybridized carbons (Fsp3) is 0.500. The molecular formula is C10H13IN2OS. The molecule has 0 aromatic carbocycles. The third-order valence-corrected chi connectivity index (χ3v) is 4.10. The lowest BCUT2D eigenvalue weighted by Crippen LogP contribution is -2.37. The highest BCUT2D eigenvalue weighted by molar-refractivity contribution is 14.1. The van der Waals surface area contributed by atoms with Crippen LogP contribution in [0.25, 0.3) is 0 Å². The quantitative estimate of drug-likeness (QED) is 0.646. The van der Waals surface area contributed by atoms with Crippen LogP contribution in [0.1, 0.15) is 22.9 Å². The Labute approximate surface area is 107 Å². The van der Waals surface area contributed by atoms with Crippen LogP contribution in [0.3, 0.4) is 0 Å². The third kappa shape index (κ3) is 2.63. The van der Waals surface area contributed by atoms with Gasteiger partial charge in [0, 0.05) is 15.8 Å². The minimum absolute atomic E-state index is 0.0436. The van der Waals surface area contributed by atoms with E-state index >= 15 is 0 Å². The van der Waals surface area contributed by atoms with Crippen molar-refractivity contribution in [1.29, 1.82) is 0 Å². The van der Waals surface area contributed by atoms with Crippen molar-refractivity contribution in [3.8, 4) is 0 Å². The fourth-order valence-electron chi connectivity index (χ4n) is 1.80. The molecule has 82 valence electrons. The molecule has 0 aliphatic heterocycles. The van der Waals surface area contributed by atoms with Crippen molar-refractivity contribution in [2.24, 2.45) is 0 Å². The Morgan fingerprint density at radius 2 is 2.53 bits per heavy atom. The average molecular weight is 336 g/mol. The van der Waals surface area contributed by atoms with E-state index in [-0.39, 0.29) is 12.1 Å². The molecule has 1 atom stereocenters. The lowest BCUT2D eigenvalue weighted by molar-refractivity contribution is 0.238. The maximum absolute atomic E-state index is 11.5. The van der Waals surface area contributed by atoms with Gasteiger partial charge in [-0.2, -0.15) is 0 Å². The minimum atomic E-state index is -0.0436. The van der Waals surface area contributed by atoms with Gasteiger partial charge in [-0.3, -0.25) is 0 Å². The van der Waals surface area contributed by atoms with E-state index in [0.717, 1.165) is 23.8 Å². The molecule has 5 heteroatoms. The molecule has 0 radical (unpaired) electrons. The summed E-state index contributed by atoms with van der Waals surface area (Å²) in [6.45, 7) is 0.733. The van der Waals surface area contributed by atoms with Crippen LogP contribution in [0.5, 0.6) is 0 Å². The Morgan fingerprint density at radius 1 is 1.67 bits per heavy atom. The number of carbonyl (C=O) groups is 1. The van der Waals surface area contributed by atoms with Crippen LogP contribution in [0, 0.1) is 0 Å². The van der Waals surface area contributed by atoms with Gasteiger partial charge >= 0.3 is 6.03 Å². The smallest absolute Gasteiger partial charge is 0.315 e. The Balaban J connectivity index is 1.89.